The molecule has 1 aromatic heterocycles. The number of nitrogens with zero attached hydrogens (tertiary/aromatic N) is 1. The van der Waals surface area contributed by atoms with Crippen molar-refractivity contribution in [3.8, 4) is 0 Å². The number of carboxylic acids is 1. The van der Waals surface area contributed by atoms with Crippen LogP contribution in [0.25, 0.3) is 0 Å². The molecule has 3 N–H and O–H groups in total. The summed E-state index contributed by atoms with van der Waals surface area (Å²) in [5.41, 5.74) is 0.387. The van der Waals surface area contributed by atoms with Crippen LogP contribution in [0, 0.1) is 29.1 Å². The number of thioether (sulfide) groups is 1. The first-order chi connectivity index (χ1) is 21.6. The number of amides is 1. The number of hydrogen-bond acceptors (Lipinski definition) is 7. The van der Waals surface area contributed by atoms with Gasteiger partial charge >= 0.3 is 5.97 Å². The largest absolute Gasteiger partial charge is 0.478 e. The lowest BCUT2D eigenvalue weighted by Crippen LogP contribution is -2.31. The molecule has 0 spiro atoms. The van der Waals surface area contributed by atoms with Crippen molar-refractivity contribution in [1.82, 2.24) is 4.98 Å². The van der Waals surface area contributed by atoms with Crippen molar-refractivity contribution in [3.05, 3.63) is 124 Å². The predicted molar refractivity (Wildman–Crippen MR) is 151 cm³/mol. The summed E-state index contributed by atoms with van der Waals surface area (Å²) >= 11 is 1.20. The van der Waals surface area contributed by atoms with Gasteiger partial charge in [0.1, 0.15) is 10.6 Å². The molecule has 14 heteroatoms. The van der Waals surface area contributed by atoms with Crippen LogP contribution in [0.3, 0.4) is 0 Å². The second-order valence-corrected chi connectivity index (χ2v) is 10.9. The number of rotatable bonds is 9. The van der Waals surface area contributed by atoms with Crippen molar-refractivity contribution in [2.75, 3.05) is 11.1 Å². The molecule has 45 heavy (non-hydrogen) atoms. The molecule has 2 heterocycles. The number of carbonyl (C=O) groups excluding carboxylic acids is 1. The Morgan fingerprint density at radius 3 is 2.11 bits per heavy atom. The number of ether oxygens (including phenoxy) is 2. The highest BCUT2D eigenvalue weighted by atomic mass is 32.2. The maximum Gasteiger partial charge on any atom is 0.338 e. The number of aliphatic hydroxyl groups is 1. The maximum absolute atomic E-state index is 14.1. The van der Waals surface area contributed by atoms with Crippen LogP contribution < -0.4 is 5.32 Å². The van der Waals surface area contributed by atoms with Crippen LogP contribution in [-0.4, -0.2) is 38.9 Å². The quantitative estimate of drug-likeness (QED) is 0.0811. The molecule has 0 radical (unpaired) electrons. The average Bonchev–Trinajstić information content (AvgIpc) is 3.06. The molecule has 8 nitrogen and oxygen atoms in total. The van der Waals surface area contributed by atoms with E-state index in [1.807, 2.05) is 12.1 Å². The van der Waals surface area contributed by atoms with Crippen LogP contribution in [0.15, 0.2) is 71.9 Å². The third-order valence-corrected chi connectivity index (χ3v) is 8.04. The van der Waals surface area contributed by atoms with Gasteiger partial charge in [0, 0.05) is 29.6 Å². The lowest BCUT2D eigenvalue weighted by molar-refractivity contribution is -0.245. The summed E-state index contributed by atoms with van der Waals surface area (Å²) in [5.74, 6) is -13.7. The lowest BCUT2D eigenvalue weighted by Gasteiger charge is -2.36. The zero-order valence-electron chi connectivity index (χ0n) is 23.0. The molecular formula is C31H23F5N2O6S. The molecule has 0 bridgehead atoms. The molecule has 4 aromatic rings. The first-order valence-corrected chi connectivity index (χ1v) is 14.3. The predicted octanol–water partition coefficient (Wildman–Crippen LogP) is 6.56. The smallest absolute Gasteiger partial charge is 0.338 e. The molecule has 5 rings (SSSR count). The number of nitrogens with one attached hydrogen (secondary N) is 1. The third kappa shape index (κ3) is 6.99. The van der Waals surface area contributed by atoms with E-state index in [1.54, 1.807) is 12.1 Å². The van der Waals surface area contributed by atoms with E-state index >= 15 is 0 Å². The SMILES string of the molecule is O=C(O)c1cccnc1SCC1CC(c2ccc(CO)cc2)OC(c2ccc(NC(=O)c3c(F)c(F)c(F)c(F)c3F)cc2)O1. The molecule has 3 aromatic carbocycles. The van der Waals surface area contributed by atoms with Gasteiger partial charge in [0.05, 0.1) is 24.4 Å². The van der Waals surface area contributed by atoms with Gasteiger partial charge in [-0.15, -0.1) is 11.8 Å². The van der Waals surface area contributed by atoms with Crippen molar-refractivity contribution in [3.63, 3.8) is 0 Å². The minimum Gasteiger partial charge on any atom is -0.478 e. The van der Waals surface area contributed by atoms with Crippen molar-refractivity contribution in [2.45, 2.75) is 36.6 Å². The maximum atomic E-state index is 14.1. The van der Waals surface area contributed by atoms with E-state index < -0.39 is 65.0 Å². The Morgan fingerprint density at radius 1 is 0.867 bits per heavy atom. The Morgan fingerprint density at radius 2 is 1.49 bits per heavy atom. The number of benzene rings is 3. The molecule has 3 unspecified atom stereocenters. The van der Waals surface area contributed by atoms with Crippen LogP contribution in [0.5, 0.6) is 0 Å². The summed E-state index contributed by atoms with van der Waals surface area (Å²) in [6.07, 6.45) is 0.00858. The van der Waals surface area contributed by atoms with Crippen LogP contribution in [-0.2, 0) is 16.1 Å². The Bertz CT molecular complexity index is 1700. The standard InChI is InChI=1S/C31H23F5N2O6S/c32-23-22(24(33)26(35)27(36)25(23)34)28(40)38-18-9-7-17(8-10-18)31-43-19(14-45-29-20(30(41)42)2-1-11-37-29)12-21(44-31)16-5-3-15(13-39)4-6-16/h1-11,19,21,31,39H,12-14H2,(H,38,40)(H,41,42). The number of carboxylic acid groups (broad SMARTS) is 1. The highest BCUT2D eigenvalue weighted by Gasteiger charge is 2.33. The van der Waals surface area contributed by atoms with E-state index in [0.29, 0.717) is 28.3 Å². The highest BCUT2D eigenvalue weighted by Crippen LogP contribution is 2.40. The average molecular weight is 647 g/mol. The molecule has 234 valence electrons. The Labute approximate surface area is 256 Å². The minimum atomic E-state index is -2.37. The molecule has 1 fully saturated rings. The van der Waals surface area contributed by atoms with E-state index in [4.69, 9.17) is 9.47 Å². The number of aromatic nitrogens is 1. The van der Waals surface area contributed by atoms with Crippen molar-refractivity contribution in [1.29, 1.82) is 0 Å². The summed E-state index contributed by atoms with van der Waals surface area (Å²) in [4.78, 5) is 28.2. The fourth-order valence-corrected chi connectivity index (χ4v) is 5.59. The van der Waals surface area contributed by atoms with Crippen LogP contribution in [0.1, 0.15) is 56.2 Å². The van der Waals surface area contributed by atoms with Gasteiger partial charge in [-0.3, -0.25) is 4.79 Å². The zero-order valence-corrected chi connectivity index (χ0v) is 23.8. The van der Waals surface area contributed by atoms with Crippen molar-refractivity contribution in [2.24, 2.45) is 0 Å². The van der Waals surface area contributed by atoms with Gasteiger partial charge in [-0.1, -0.05) is 36.4 Å². The van der Waals surface area contributed by atoms with Gasteiger partial charge in [-0.05, 0) is 35.4 Å². The minimum absolute atomic E-state index is 0.0110. The molecule has 0 saturated carbocycles. The Balaban J connectivity index is 1.35. The first kappa shape index (κ1) is 32.0. The number of carbonyl (C=O) groups is 2. The van der Waals surface area contributed by atoms with E-state index in [-0.39, 0.29) is 17.9 Å². The topological polar surface area (TPSA) is 118 Å². The molecule has 1 saturated heterocycles. The van der Waals surface area contributed by atoms with E-state index in [0.717, 1.165) is 5.56 Å². The fourth-order valence-electron chi connectivity index (χ4n) is 4.58. The number of anilines is 1. The van der Waals surface area contributed by atoms with E-state index in [2.05, 4.69) is 10.3 Å². The third-order valence-electron chi connectivity index (χ3n) is 6.90. The number of pyridine rings is 1. The van der Waals surface area contributed by atoms with E-state index in [9.17, 15) is 41.8 Å². The zero-order chi connectivity index (χ0) is 32.2. The number of halogens is 5. The number of hydrogen-bond donors (Lipinski definition) is 3. The molecule has 1 amide bonds. The lowest BCUT2D eigenvalue weighted by atomic mass is 10.0. The van der Waals surface area contributed by atoms with Gasteiger partial charge in [-0.25, -0.2) is 31.7 Å². The second kappa shape index (κ2) is 13.7. The number of aliphatic hydroxyl groups excluding tert-OH is 1. The summed E-state index contributed by atoms with van der Waals surface area (Å²) in [5, 5.41) is 21.3. The van der Waals surface area contributed by atoms with E-state index in [1.165, 1.54) is 54.4 Å². The number of aromatic carboxylic acids is 1. The molecule has 0 aliphatic carbocycles. The monoisotopic (exact) mass is 646 g/mol. The van der Waals surface area contributed by atoms with Gasteiger partial charge in [0.15, 0.2) is 29.6 Å². The first-order valence-electron chi connectivity index (χ1n) is 13.3. The van der Waals surface area contributed by atoms with Crippen molar-refractivity contribution >= 4 is 29.3 Å². The van der Waals surface area contributed by atoms with Gasteiger partial charge in [0.25, 0.3) is 5.91 Å². The Kier molecular flexibility index (Phi) is 9.77. The van der Waals surface area contributed by atoms with Crippen molar-refractivity contribution < 1.29 is 51.2 Å². The van der Waals surface area contributed by atoms with Crippen LogP contribution in [0.4, 0.5) is 27.6 Å². The van der Waals surface area contributed by atoms with Gasteiger partial charge < -0.3 is 25.0 Å². The Hall–Kier alpha value is -4.37. The molecule has 3 atom stereocenters. The van der Waals surface area contributed by atoms with Crippen LogP contribution >= 0.6 is 11.8 Å². The van der Waals surface area contributed by atoms with Crippen LogP contribution in [0.2, 0.25) is 0 Å². The second-order valence-electron chi connectivity index (χ2n) is 9.84. The summed E-state index contributed by atoms with van der Waals surface area (Å²) in [6.45, 7) is -0.139. The normalized spacial score (nSPS) is 18.0. The molecule has 1 aliphatic heterocycles. The summed E-state index contributed by atoms with van der Waals surface area (Å²) in [6, 6.07) is 15.7. The van der Waals surface area contributed by atoms with Gasteiger partial charge in [0.2, 0.25) is 5.82 Å². The summed E-state index contributed by atoms with van der Waals surface area (Å²) in [7, 11) is 0. The fraction of sp³-hybridized carbons (Fsp3) is 0.194. The van der Waals surface area contributed by atoms with Gasteiger partial charge in [-0.2, -0.15) is 0 Å². The highest BCUT2D eigenvalue weighted by molar-refractivity contribution is 7.99. The summed E-state index contributed by atoms with van der Waals surface area (Å²) < 4.78 is 81.1. The molecular weight excluding hydrogens is 623 g/mol. The molecule has 1 aliphatic rings.